The Hall–Kier alpha value is -2.76. The molecule has 108 valence electrons. The Labute approximate surface area is 121 Å². The maximum atomic E-state index is 11.8. The number of nitrogens with one attached hydrogen (secondary N) is 2. The van der Waals surface area contributed by atoms with Gasteiger partial charge in [-0.05, 0) is 17.2 Å². The highest BCUT2D eigenvalue weighted by Crippen LogP contribution is 2.19. The minimum absolute atomic E-state index is 0.345. The molecule has 6 heteroatoms. The molecule has 2 heterocycles. The number of carbonyl (C=O) groups excluding carboxylic acids is 2. The van der Waals surface area contributed by atoms with Crippen molar-refractivity contribution < 1.29 is 14.0 Å². The first-order chi connectivity index (χ1) is 10.2. The van der Waals surface area contributed by atoms with Gasteiger partial charge in [0.05, 0.1) is 12.5 Å². The molecular weight excluding hydrogens is 270 g/mol. The van der Waals surface area contributed by atoms with Crippen LogP contribution in [-0.2, 0) is 6.54 Å². The van der Waals surface area contributed by atoms with Crippen LogP contribution in [0, 0.1) is 0 Å². The molecule has 4 amide bonds. The predicted molar refractivity (Wildman–Crippen MR) is 76.5 cm³/mol. The monoisotopic (exact) mass is 285 g/mol. The molecule has 21 heavy (non-hydrogen) atoms. The van der Waals surface area contributed by atoms with E-state index in [1.807, 2.05) is 30.3 Å². The lowest BCUT2D eigenvalue weighted by molar-refractivity contribution is 0.198. The molecule has 1 aliphatic rings. The third-order valence-corrected chi connectivity index (χ3v) is 3.35. The van der Waals surface area contributed by atoms with Gasteiger partial charge in [-0.3, -0.25) is 0 Å². The second kappa shape index (κ2) is 5.70. The molecule has 6 nitrogen and oxygen atoms in total. The summed E-state index contributed by atoms with van der Waals surface area (Å²) < 4.78 is 5.04. The minimum atomic E-state index is -0.371. The summed E-state index contributed by atoms with van der Waals surface area (Å²) in [5, 5.41) is 5.32. The van der Waals surface area contributed by atoms with E-state index in [0.717, 1.165) is 16.7 Å². The Kier molecular flexibility index (Phi) is 3.59. The zero-order chi connectivity index (χ0) is 14.7. The van der Waals surface area contributed by atoms with Crippen LogP contribution in [0.4, 0.5) is 9.59 Å². The van der Waals surface area contributed by atoms with Gasteiger partial charge in [-0.2, -0.15) is 0 Å². The average molecular weight is 285 g/mol. The highest BCUT2D eigenvalue weighted by Gasteiger charge is 2.25. The quantitative estimate of drug-likeness (QED) is 0.907. The van der Waals surface area contributed by atoms with Crippen molar-refractivity contribution >= 4 is 12.1 Å². The first kappa shape index (κ1) is 13.2. The average Bonchev–Trinajstić information content (AvgIpc) is 3.16. The van der Waals surface area contributed by atoms with Gasteiger partial charge in [-0.25, -0.2) is 14.5 Å². The summed E-state index contributed by atoms with van der Waals surface area (Å²) in [5.74, 6) is 0. The van der Waals surface area contributed by atoms with Crippen LogP contribution < -0.4 is 10.6 Å². The number of imide groups is 1. The largest absolute Gasteiger partial charge is 0.472 e. The van der Waals surface area contributed by atoms with Crippen molar-refractivity contribution in [3.8, 4) is 11.1 Å². The van der Waals surface area contributed by atoms with Crippen molar-refractivity contribution in [1.82, 2.24) is 15.5 Å². The van der Waals surface area contributed by atoms with Crippen LogP contribution >= 0.6 is 0 Å². The molecule has 0 saturated carbocycles. The lowest BCUT2D eigenvalue weighted by Crippen LogP contribution is -2.41. The lowest BCUT2D eigenvalue weighted by atomic mass is 10.1. The lowest BCUT2D eigenvalue weighted by Gasteiger charge is -2.13. The SMILES string of the molecule is O=C1NCCN1C(=O)NCc1ccc(-c2ccoc2)cc1. The molecule has 1 aromatic heterocycles. The minimum Gasteiger partial charge on any atom is -0.472 e. The summed E-state index contributed by atoms with van der Waals surface area (Å²) >= 11 is 0. The molecule has 0 bridgehead atoms. The van der Waals surface area contributed by atoms with Crippen LogP contribution in [0.3, 0.4) is 0 Å². The maximum Gasteiger partial charge on any atom is 0.325 e. The molecule has 0 spiro atoms. The number of furan rings is 1. The van der Waals surface area contributed by atoms with Crippen LogP contribution in [0.2, 0.25) is 0 Å². The first-order valence-corrected chi connectivity index (χ1v) is 6.69. The highest BCUT2D eigenvalue weighted by molar-refractivity contribution is 5.94. The number of hydrogen-bond acceptors (Lipinski definition) is 3. The summed E-state index contributed by atoms with van der Waals surface area (Å²) in [4.78, 5) is 24.3. The molecule has 2 aromatic rings. The van der Waals surface area contributed by atoms with E-state index < -0.39 is 0 Å². The van der Waals surface area contributed by atoms with Gasteiger partial charge in [0.1, 0.15) is 0 Å². The number of nitrogens with zero attached hydrogens (tertiary/aromatic N) is 1. The number of rotatable bonds is 3. The van der Waals surface area contributed by atoms with E-state index in [-0.39, 0.29) is 12.1 Å². The molecule has 0 atom stereocenters. The van der Waals surface area contributed by atoms with Gasteiger partial charge >= 0.3 is 12.1 Å². The molecule has 3 rings (SSSR count). The van der Waals surface area contributed by atoms with Gasteiger partial charge in [0.2, 0.25) is 0 Å². The smallest absolute Gasteiger partial charge is 0.325 e. The summed E-state index contributed by atoms with van der Waals surface area (Å²) in [6, 6.07) is 8.98. The van der Waals surface area contributed by atoms with Crippen molar-refractivity contribution in [1.29, 1.82) is 0 Å². The first-order valence-electron chi connectivity index (χ1n) is 6.69. The van der Waals surface area contributed by atoms with Gasteiger partial charge in [-0.1, -0.05) is 24.3 Å². The molecule has 1 aliphatic heterocycles. The molecule has 1 fully saturated rings. The predicted octanol–water partition coefficient (Wildman–Crippen LogP) is 2.18. The Morgan fingerprint density at radius 2 is 2.05 bits per heavy atom. The fourth-order valence-corrected chi connectivity index (χ4v) is 2.18. The highest BCUT2D eigenvalue weighted by atomic mass is 16.3. The number of hydrogen-bond donors (Lipinski definition) is 2. The Morgan fingerprint density at radius 1 is 1.24 bits per heavy atom. The zero-order valence-electron chi connectivity index (χ0n) is 11.3. The standard InChI is InChI=1S/C15H15N3O3/c19-14-16-6-7-18(14)15(20)17-9-11-1-3-12(4-2-11)13-5-8-21-10-13/h1-5,8,10H,6-7,9H2,(H,16,19)(H,17,20). The van der Waals surface area contributed by atoms with Crippen molar-refractivity contribution in [3.63, 3.8) is 0 Å². The zero-order valence-corrected chi connectivity index (χ0v) is 11.3. The van der Waals surface area contributed by atoms with Gasteiger partial charge < -0.3 is 15.1 Å². The van der Waals surface area contributed by atoms with Crippen LogP contribution in [0.5, 0.6) is 0 Å². The second-order valence-corrected chi connectivity index (χ2v) is 4.75. The number of amides is 4. The van der Waals surface area contributed by atoms with E-state index in [9.17, 15) is 9.59 Å². The number of urea groups is 2. The van der Waals surface area contributed by atoms with Crippen LogP contribution in [0.25, 0.3) is 11.1 Å². The van der Waals surface area contributed by atoms with Crippen LogP contribution in [0.1, 0.15) is 5.56 Å². The van der Waals surface area contributed by atoms with Gasteiger partial charge in [0.15, 0.2) is 0 Å². The Balaban J connectivity index is 1.58. The third-order valence-electron chi connectivity index (χ3n) is 3.35. The van der Waals surface area contributed by atoms with E-state index in [1.54, 1.807) is 12.5 Å². The summed E-state index contributed by atoms with van der Waals surface area (Å²) in [6.07, 6.45) is 3.31. The Bertz CT molecular complexity index is 635. The molecule has 2 N–H and O–H groups in total. The van der Waals surface area contributed by atoms with E-state index in [0.29, 0.717) is 19.6 Å². The topological polar surface area (TPSA) is 74.6 Å². The Morgan fingerprint density at radius 3 is 2.67 bits per heavy atom. The summed E-state index contributed by atoms with van der Waals surface area (Å²) in [6.45, 7) is 1.30. The van der Waals surface area contributed by atoms with Crippen molar-refractivity contribution in [2.24, 2.45) is 0 Å². The summed E-state index contributed by atoms with van der Waals surface area (Å²) in [7, 11) is 0. The van der Waals surface area contributed by atoms with Crippen LogP contribution in [0.15, 0.2) is 47.3 Å². The number of carbonyl (C=O) groups is 2. The summed E-state index contributed by atoms with van der Waals surface area (Å²) in [5.41, 5.74) is 3.03. The molecule has 0 aliphatic carbocycles. The van der Waals surface area contributed by atoms with E-state index in [1.165, 1.54) is 4.90 Å². The van der Waals surface area contributed by atoms with Gasteiger partial charge in [0, 0.05) is 25.2 Å². The normalized spacial score (nSPS) is 14.1. The molecule has 0 radical (unpaired) electrons. The van der Waals surface area contributed by atoms with E-state index in [2.05, 4.69) is 10.6 Å². The fourth-order valence-electron chi connectivity index (χ4n) is 2.18. The maximum absolute atomic E-state index is 11.8. The van der Waals surface area contributed by atoms with Crippen molar-refractivity contribution in [2.75, 3.05) is 13.1 Å². The van der Waals surface area contributed by atoms with E-state index >= 15 is 0 Å². The molecule has 1 saturated heterocycles. The van der Waals surface area contributed by atoms with Crippen LogP contribution in [-0.4, -0.2) is 30.1 Å². The fraction of sp³-hybridized carbons (Fsp3) is 0.200. The molecule has 1 aromatic carbocycles. The van der Waals surface area contributed by atoms with E-state index in [4.69, 9.17) is 4.42 Å². The number of benzene rings is 1. The third kappa shape index (κ3) is 2.89. The van der Waals surface area contributed by atoms with Gasteiger partial charge in [0.25, 0.3) is 0 Å². The van der Waals surface area contributed by atoms with Gasteiger partial charge in [-0.15, -0.1) is 0 Å². The molecule has 0 unspecified atom stereocenters. The van der Waals surface area contributed by atoms with Crippen molar-refractivity contribution in [2.45, 2.75) is 6.54 Å². The molecular formula is C15H15N3O3. The van der Waals surface area contributed by atoms with Crippen molar-refractivity contribution in [3.05, 3.63) is 48.4 Å². The second-order valence-electron chi connectivity index (χ2n) is 4.75.